The number of nitrogens with zero attached hydrogens (tertiary/aromatic N) is 3. The third kappa shape index (κ3) is 3.02. The van der Waals surface area contributed by atoms with Gasteiger partial charge in [0.2, 0.25) is 0 Å². The maximum Gasteiger partial charge on any atom is 0.254 e. The Bertz CT molecular complexity index is 543. The summed E-state index contributed by atoms with van der Waals surface area (Å²) in [5.74, 6) is -0.0280. The van der Waals surface area contributed by atoms with Gasteiger partial charge in [0.25, 0.3) is 5.91 Å². The summed E-state index contributed by atoms with van der Waals surface area (Å²) in [6.45, 7) is 0.495. The summed E-state index contributed by atoms with van der Waals surface area (Å²) in [6, 6.07) is 7.78. The number of carbonyl (C=O) groups excluding carboxylic acids is 1. The van der Waals surface area contributed by atoms with Gasteiger partial charge in [0.1, 0.15) is 0 Å². The predicted molar refractivity (Wildman–Crippen MR) is 79.5 cm³/mol. The van der Waals surface area contributed by atoms with Crippen molar-refractivity contribution >= 4 is 17.3 Å². The molecule has 106 valence electrons. The zero-order chi connectivity index (χ0) is 14.7. The Morgan fingerprint density at radius 3 is 2.65 bits per heavy atom. The molecule has 20 heavy (non-hydrogen) atoms. The molecule has 0 unspecified atom stereocenters. The SMILES string of the molecule is CN(C)c1ccc(C(=O)N(CCC#N)C2CC2)cc1N. The molecular formula is C15H20N4O. The molecule has 1 fully saturated rings. The minimum Gasteiger partial charge on any atom is -0.397 e. The molecule has 0 spiro atoms. The Kier molecular flexibility index (Phi) is 4.14. The number of nitrogen functional groups attached to an aromatic ring is 1. The lowest BCUT2D eigenvalue weighted by Gasteiger charge is -2.22. The van der Waals surface area contributed by atoms with E-state index >= 15 is 0 Å². The lowest BCUT2D eigenvalue weighted by Crippen LogP contribution is -2.34. The van der Waals surface area contributed by atoms with Gasteiger partial charge in [0.15, 0.2) is 0 Å². The molecule has 0 aliphatic heterocycles. The molecule has 1 saturated carbocycles. The molecular weight excluding hydrogens is 252 g/mol. The van der Waals surface area contributed by atoms with Crippen LogP contribution in [0.3, 0.4) is 0 Å². The molecule has 5 nitrogen and oxygen atoms in total. The zero-order valence-corrected chi connectivity index (χ0v) is 12.0. The Morgan fingerprint density at radius 2 is 2.15 bits per heavy atom. The van der Waals surface area contributed by atoms with E-state index in [0.29, 0.717) is 30.3 Å². The lowest BCUT2D eigenvalue weighted by molar-refractivity contribution is 0.0747. The molecule has 2 rings (SSSR count). The number of rotatable bonds is 5. The Labute approximate surface area is 119 Å². The van der Waals surface area contributed by atoms with E-state index in [-0.39, 0.29) is 5.91 Å². The fraction of sp³-hybridized carbons (Fsp3) is 0.467. The average molecular weight is 272 g/mol. The van der Waals surface area contributed by atoms with Crippen LogP contribution in [-0.4, -0.2) is 37.5 Å². The van der Waals surface area contributed by atoms with E-state index in [1.54, 1.807) is 17.0 Å². The van der Waals surface area contributed by atoms with Gasteiger partial charge in [0, 0.05) is 32.2 Å². The second-order valence-electron chi connectivity index (χ2n) is 5.31. The summed E-state index contributed by atoms with van der Waals surface area (Å²) < 4.78 is 0. The van der Waals surface area contributed by atoms with E-state index in [1.807, 2.05) is 25.1 Å². The minimum atomic E-state index is -0.0280. The first kappa shape index (κ1) is 14.2. The van der Waals surface area contributed by atoms with Gasteiger partial charge in [-0.3, -0.25) is 4.79 Å². The monoisotopic (exact) mass is 272 g/mol. The maximum absolute atomic E-state index is 12.5. The fourth-order valence-electron chi connectivity index (χ4n) is 2.27. The number of carbonyl (C=O) groups is 1. The second-order valence-corrected chi connectivity index (χ2v) is 5.31. The zero-order valence-electron chi connectivity index (χ0n) is 12.0. The number of benzene rings is 1. The van der Waals surface area contributed by atoms with Gasteiger partial charge >= 0.3 is 0 Å². The van der Waals surface area contributed by atoms with E-state index in [4.69, 9.17) is 11.0 Å². The summed E-state index contributed by atoms with van der Waals surface area (Å²) in [6.07, 6.45) is 2.43. The third-order valence-electron chi connectivity index (χ3n) is 3.47. The quantitative estimate of drug-likeness (QED) is 0.830. The van der Waals surface area contributed by atoms with Crippen LogP contribution in [0.15, 0.2) is 18.2 Å². The van der Waals surface area contributed by atoms with Crippen molar-refractivity contribution in [1.82, 2.24) is 4.90 Å². The molecule has 0 heterocycles. The van der Waals surface area contributed by atoms with Crippen LogP contribution < -0.4 is 10.6 Å². The van der Waals surface area contributed by atoms with Crippen LogP contribution in [0.25, 0.3) is 0 Å². The van der Waals surface area contributed by atoms with Gasteiger partial charge in [-0.15, -0.1) is 0 Å². The first-order valence-electron chi connectivity index (χ1n) is 6.79. The lowest BCUT2D eigenvalue weighted by atomic mass is 10.1. The van der Waals surface area contributed by atoms with Crippen molar-refractivity contribution in [2.75, 3.05) is 31.3 Å². The van der Waals surface area contributed by atoms with E-state index in [2.05, 4.69) is 6.07 Å². The molecule has 1 aromatic carbocycles. The van der Waals surface area contributed by atoms with Crippen LogP contribution in [-0.2, 0) is 0 Å². The Balaban J connectivity index is 2.19. The highest BCUT2D eigenvalue weighted by Gasteiger charge is 2.32. The third-order valence-corrected chi connectivity index (χ3v) is 3.47. The van der Waals surface area contributed by atoms with Crippen LogP contribution in [0.1, 0.15) is 29.6 Å². The molecule has 0 saturated heterocycles. The molecule has 1 aliphatic carbocycles. The molecule has 1 aromatic rings. The summed E-state index contributed by atoms with van der Waals surface area (Å²) in [5, 5.41) is 8.70. The Hall–Kier alpha value is -2.22. The first-order valence-corrected chi connectivity index (χ1v) is 6.79. The largest absolute Gasteiger partial charge is 0.397 e. The number of nitrogens with two attached hydrogens (primary N) is 1. The summed E-state index contributed by atoms with van der Waals surface area (Å²) in [4.78, 5) is 16.2. The van der Waals surface area contributed by atoms with Crippen LogP contribution in [0.2, 0.25) is 0 Å². The topological polar surface area (TPSA) is 73.4 Å². The van der Waals surface area contributed by atoms with E-state index in [9.17, 15) is 4.79 Å². The van der Waals surface area contributed by atoms with Gasteiger partial charge in [-0.05, 0) is 31.0 Å². The standard InChI is InChI=1S/C15H20N4O/c1-18(2)14-7-4-11(10-13(14)17)15(20)19(9-3-8-16)12-5-6-12/h4,7,10,12H,3,5-6,9,17H2,1-2H3. The summed E-state index contributed by atoms with van der Waals surface area (Å²) in [5.41, 5.74) is 8.08. The van der Waals surface area contributed by atoms with E-state index < -0.39 is 0 Å². The van der Waals surface area contributed by atoms with E-state index in [1.165, 1.54) is 0 Å². The Morgan fingerprint density at radius 1 is 1.45 bits per heavy atom. The van der Waals surface area contributed by atoms with Gasteiger partial charge in [-0.2, -0.15) is 5.26 Å². The molecule has 0 aromatic heterocycles. The molecule has 0 radical (unpaired) electrons. The van der Waals surface area contributed by atoms with Crippen LogP contribution >= 0.6 is 0 Å². The van der Waals surface area contributed by atoms with Gasteiger partial charge in [0.05, 0.1) is 23.9 Å². The van der Waals surface area contributed by atoms with Crippen molar-refractivity contribution in [2.24, 2.45) is 0 Å². The first-order chi connectivity index (χ1) is 9.54. The second kappa shape index (κ2) is 5.83. The minimum absolute atomic E-state index is 0.0280. The van der Waals surface area contributed by atoms with Crippen LogP contribution in [0, 0.1) is 11.3 Å². The molecule has 0 atom stereocenters. The maximum atomic E-state index is 12.5. The van der Waals surface area contributed by atoms with Gasteiger partial charge in [-0.25, -0.2) is 0 Å². The highest BCUT2D eigenvalue weighted by Crippen LogP contribution is 2.30. The molecule has 0 bridgehead atoms. The smallest absolute Gasteiger partial charge is 0.254 e. The number of nitriles is 1. The average Bonchev–Trinajstić information content (AvgIpc) is 3.23. The number of hydrogen-bond donors (Lipinski definition) is 1. The number of anilines is 2. The van der Waals surface area contributed by atoms with Gasteiger partial charge < -0.3 is 15.5 Å². The summed E-state index contributed by atoms with van der Waals surface area (Å²) in [7, 11) is 3.83. The fourth-order valence-corrected chi connectivity index (χ4v) is 2.27. The summed E-state index contributed by atoms with van der Waals surface area (Å²) >= 11 is 0. The van der Waals surface area contributed by atoms with Crippen molar-refractivity contribution in [3.8, 4) is 6.07 Å². The van der Waals surface area contributed by atoms with Crippen molar-refractivity contribution in [3.63, 3.8) is 0 Å². The van der Waals surface area contributed by atoms with Crippen molar-refractivity contribution < 1.29 is 4.79 Å². The predicted octanol–water partition coefficient (Wildman–Crippen LogP) is 1.85. The number of amides is 1. The normalized spacial score (nSPS) is 13.7. The van der Waals surface area contributed by atoms with Crippen molar-refractivity contribution in [2.45, 2.75) is 25.3 Å². The molecule has 5 heteroatoms. The van der Waals surface area contributed by atoms with Crippen molar-refractivity contribution in [1.29, 1.82) is 5.26 Å². The van der Waals surface area contributed by atoms with Crippen LogP contribution in [0.4, 0.5) is 11.4 Å². The van der Waals surface area contributed by atoms with Crippen molar-refractivity contribution in [3.05, 3.63) is 23.8 Å². The molecule has 1 aliphatic rings. The highest BCUT2D eigenvalue weighted by molar-refractivity contribution is 5.96. The highest BCUT2D eigenvalue weighted by atomic mass is 16.2. The molecule has 2 N–H and O–H groups in total. The molecule has 1 amide bonds. The van der Waals surface area contributed by atoms with Gasteiger partial charge in [-0.1, -0.05) is 0 Å². The van der Waals surface area contributed by atoms with E-state index in [0.717, 1.165) is 18.5 Å². The van der Waals surface area contributed by atoms with Crippen LogP contribution in [0.5, 0.6) is 0 Å². The number of hydrogen-bond acceptors (Lipinski definition) is 4.